The summed E-state index contributed by atoms with van der Waals surface area (Å²) in [6.07, 6.45) is 0. The molecule has 1 unspecified atom stereocenters. The molecular formula is C12H19N3O2. The van der Waals surface area contributed by atoms with Crippen molar-refractivity contribution >= 4 is 5.91 Å². The number of primary amides is 1. The van der Waals surface area contributed by atoms with E-state index in [0.29, 0.717) is 6.54 Å². The summed E-state index contributed by atoms with van der Waals surface area (Å²) in [5, 5.41) is 3.15. The van der Waals surface area contributed by atoms with E-state index in [1.165, 1.54) is 0 Å². The Labute approximate surface area is 101 Å². The highest BCUT2D eigenvalue weighted by Crippen LogP contribution is 2.16. The van der Waals surface area contributed by atoms with Gasteiger partial charge in [-0.2, -0.15) is 0 Å². The average Bonchev–Trinajstić information content (AvgIpc) is 2.35. The molecule has 0 saturated carbocycles. The Balaban J connectivity index is 2.51. The molecule has 5 N–H and O–H groups in total. The zero-order valence-electron chi connectivity index (χ0n) is 10.1. The first-order chi connectivity index (χ1) is 8.04. The van der Waals surface area contributed by atoms with Crippen molar-refractivity contribution in [2.75, 3.05) is 13.7 Å². The maximum absolute atomic E-state index is 10.8. The van der Waals surface area contributed by atoms with E-state index in [1.54, 1.807) is 7.11 Å². The molecular weight excluding hydrogens is 218 g/mol. The Morgan fingerprint density at radius 1 is 1.41 bits per heavy atom. The van der Waals surface area contributed by atoms with Crippen molar-refractivity contribution < 1.29 is 9.53 Å². The number of nitrogens with one attached hydrogen (secondary N) is 1. The summed E-state index contributed by atoms with van der Waals surface area (Å²) in [4.78, 5) is 10.8. The van der Waals surface area contributed by atoms with Crippen LogP contribution in [-0.2, 0) is 4.79 Å². The van der Waals surface area contributed by atoms with Gasteiger partial charge in [0, 0.05) is 12.6 Å². The highest BCUT2D eigenvalue weighted by molar-refractivity contribution is 5.79. The topological polar surface area (TPSA) is 90.4 Å². The monoisotopic (exact) mass is 237 g/mol. The molecule has 0 bridgehead atoms. The summed E-state index contributed by atoms with van der Waals surface area (Å²) < 4.78 is 5.08. The molecule has 1 rings (SSSR count). The molecule has 0 aliphatic rings. The van der Waals surface area contributed by atoms with Crippen molar-refractivity contribution in [3.63, 3.8) is 0 Å². The normalized spacial score (nSPS) is 14.1. The Hall–Kier alpha value is -1.59. The molecule has 94 valence electrons. The van der Waals surface area contributed by atoms with Crippen LogP contribution in [0.1, 0.15) is 18.5 Å². The lowest BCUT2D eigenvalue weighted by atomic mass is 10.1. The molecule has 0 aliphatic heterocycles. The van der Waals surface area contributed by atoms with Crippen molar-refractivity contribution in [1.29, 1.82) is 0 Å². The highest BCUT2D eigenvalue weighted by atomic mass is 16.5. The van der Waals surface area contributed by atoms with Crippen LogP contribution in [0.15, 0.2) is 24.3 Å². The largest absolute Gasteiger partial charge is 0.497 e. The van der Waals surface area contributed by atoms with Gasteiger partial charge >= 0.3 is 0 Å². The fourth-order valence-electron chi connectivity index (χ4n) is 1.41. The van der Waals surface area contributed by atoms with Crippen molar-refractivity contribution in [1.82, 2.24) is 5.32 Å². The first-order valence-electron chi connectivity index (χ1n) is 5.47. The van der Waals surface area contributed by atoms with Gasteiger partial charge < -0.3 is 21.5 Å². The first-order valence-corrected chi connectivity index (χ1v) is 5.47. The van der Waals surface area contributed by atoms with E-state index in [-0.39, 0.29) is 6.04 Å². The first kappa shape index (κ1) is 13.5. The predicted molar refractivity (Wildman–Crippen MR) is 66.6 cm³/mol. The minimum absolute atomic E-state index is 0.103. The van der Waals surface area contributed by atoms with Crippen LogP contribution in [0.3, 0.4) is 0 Å². The Morgan fingerprint density at radius 3 is 2.47 bits per heavy atom. The summed E-state index contributed by atoms with van der Waals surface area (Å²) >= 11 is 0. The maximum atomic E-state index is 10.8. The van der Waals surface area contributed by atoms with Gasteiger partial charge in [0.15, 0.2) is 0 Å². The zero-order valence-corrected chi connectivity index (χ0v) is 10.1. The third-order valence-electron chi connectivity index (χ3n) is 2.63. The number of methoxy groups -OCH3 is 1. The summed E-state index contributed by atoms with van der Waals surface area (Å²) in [6, 6.07) is 7.16. The number of carbonyl (C=O) groups is 1. The second-order valence-corrected chi connectivity index (χ2v) is 3.91. The smallest absolute Gasteiger partial charge is 0.235 e. The summed E-state index contributed by atoms with van der Waals surface area (Å²) in [5.74, 6) is 0.314. The van der Waals surface area contributed by atoms with Crippen LogP contribution in [0.2, 0.25) is 0 Å². The van der Waals surface area contributed by atoms with E-state index in [4.69, 9.17) is 16.2 Å². The van der Waals surface area contributed by atoms with Crippen LogP contribution in [0.25, 0.3) is 0 Å². The fourth-order valence-corrected chi connectivity index (χ4v) is 1.41. The lowest BCUT2D eigenvalue weighted by Crippen LogP contribution is -2.44. The van der Waals surface area contributed by atoms with Crippen molar-refractivity contribution in [2.24, 2.45) is 11.5 Å². The third kappa shape index (κ3) is 4.05. The minimum Gasteiger partial charge on any atom is -0.497 e. The van der Waals surface area contributed by atoms with Gasteiger partial charge in [-0.05, 0) is 24.6 Å². The van der Waals surface area contributed by atoms with Crippen LogP contribution in [0.5, 0.6) is 5.75 Å². The number of rotatable bonds is 6. The fraction of sp³-hybridized carbons (Fsp3) is 0.417. The molecule has 1 aromatic rings. The standard InChI is InChI=1S/C12H19N3O2/c1-8(15-7-11(13)12(14)16)9-3-5-10(17-2)6-4-9/h3-6,8,11,15H,7,13H2,1-2H3,(H2,14,16)/t8-,11?/m0/s1. The van der Waals surface area contributed by atoms with Crippen LogP contribution in [0, 0.1) is 0 Å². The average molecular weight is 237 g/mol. The predicted octanol–water partition coefficient (Wildman–Crippen LogP) is 0.158. The number of carbonyl (C=O) groups excluding carboxylic acids is 1. The van der Waals surface area contributed by atoms with Crippen LogP contribution in [-0.4, -0.2) is 25.6 Å². The summed E-state index contributed by atoms with van der Waals surface area (Å²) in [7, 11) is 1.63. The molecule has 0 spiro atoms. The van der Waals surface area contributed by atoms with Crippen LogP contribution in [0.4, 0.5) is 0 Å². The maximum Gasteiger partial charge on any atom is 0.235 e. The molecule has 0 saturated heterocycles. The lowest BCUT2D eigenvalue weighted by molar-refractivity contribution is -0.119. The van der Waals surface area contributed by atoms with Crippen LogP contribution < -0.4 is 21.5 Å². The molecule has 1 amide bonds. The van der Waals surface area contributed by atoms with E-state index >= 15 is 0 Å². The summed E-state index contributed by atoms with van der Waals surface area (Å²) in [6.45, 7) is 2.36. The number of ether oxygens (including phenoxy) is 1. The molecule has 1 aromatic carbocycles. The van der Waals surface area contributed by atoms with E-state index in [0.717, 1.165) is 11.3 Å². The second kappa shape index (κ2) is 6.22. The molecule has 0 aromatic heterocycles. The highest BCUT2D eigenvalue weighted by Gasteiger charge is 2.11. The molecule has 2 atom stereocenters. The number of benzene rings is 1. The van der Waals surface area contributed by atoms with Crippen LogP contribution >= 0.6 is 0 Å². The van der Waals surface area contributed by atoms with Gasteiger partial charge in [0.2, 0.25) is 5.91 Å². The van der Waals surface area contributed by atoms with Crippen molar-refractivity contribution in [2.45, 2.75) is 19.0 Å². The minimum atomic E-state index is -0.657. The van der Waals surface area contributed by atoms with Gasteiger partial charge in [0.25, 0.3) is 0 Å². The molecule has 0 heterocycles. The van der Waals surface area contributed by atoms with E-state index < -0.39 is 11.9 Å². The SMILES string of the molecule is COc1ccc([C@H](C)NCC(N)C(N)=O)cc1. The second-order valence-electron chi connectivity index (χ2n) is 3.91. The summed E-state index contributed by atoms with van der Waals surface area (Å²) in [5.41, 5.74) is 11.7. The number of hydrogen-bond donors (Lipinski definition) is 3. The lowest BCUT2D eigenvalue weighted by Gasteiger charge is -2.16. The molecule has 5 heteroatoms. The number of hydrogen-bond acceptors (Lipinski definition) is 4. The zero-order chi connectivity index (χ0) is 12.8. The Kier molecular flexibility index (Phi) is 4.93. The Bertz CT molecular complexity index is 365. The van der Waals surface area contributed by atoms with Gasteiger partial charge in [0.05, 0.1) is 13.2 Å². The van der Waals surface area contributed by atoms with E-state index in [2.05, 4.69) is 5.32 Å². The van der Waals surface area contributed by atoms with Gasteiger partial charge in [0.1, 0.15) is 5.75 Å². The quantitative estimate of drug-likeness (QED) is 0.657. The number of nitrogens with two attached hydrogens (primary N) is 2. The molecule has 5 nitrogen and oxygen atoms in total. The van der Waals surface area contributed by atoms with Crippen molar-refractivity contribution in [3.8, 4) is 5.75 Å². The third-order valence-corrected chi connectivity index (χ3v) is 2.63. The Morgan fingerprint density at radius 2 is 2.00 bits per heavy atom. The molecule has 0 fully saturated rings. The van der Waals surface area contributed by atoms with Gasteiger partial charge in [-0.25, -0.2) is 0 Å². The number of amides is 1. The molecule has 0 radical (unpaired) electrons. The van der Waals surface area contributed by atoms with Gasteiger partial charge in [-0.15, -0.1) is 0 Å². The molecule has 0 aliphatic carbocycles. The van der Waals surface area contributed by atoms with E-state index in [9.17, 15) is 4.79 Å². The molecule has 17 heavy (non-hydrogen) atoms. The van der Waals surface area contributed by atoms with Gasteiger partial charge in [-0.1, -0.05) is 12.1 Å². The van der Waals surface area contributed by atoms with Gasteiger partial charge in [-0.3, -0.25) is 4.79 Å². The van der Waals surface area contributed by atoms with E-state index in [1.807, 2.05) is 31.2 Å². The van der Waals surface area contributed by atoms with Crippen molar-refractivity contribution in [3.05, 3.63) is 29.8 Å².